The second-order valence-electron chi connectivity index (χ2n) is 12.5. The number of hydrogen-bond donors (Lipinski definition) is 4. The summed E-state index contributed by atoms with van der Waals surface area (Å²) in [4.78, 5) is 106. The molecule has 0 heterocycles. The average Bonchev–Trinajstić information content (AvgIpc) is 3.16. The predicted molar refractivity (Wildman–Crippen MR) is 207 cm³/mol. The van der Waals surface area contributed by atoms with E-state index >= 15 is 0 Å². The maximum Gasteiger partial charge on any atom is 0.416 e. The predicted octanol–water partition coefficient (Wildman–Crippen LogP) is 4.69. The summed E-state index contributed by atoms with van der Waals surface area (Å²) in [6, 6.07) is 8.14. The molecule has 3 aromatic rings. The number of esters is 2. The molecule has 0 bridgehead atoms. The summed E-state index contributed by atoms with van der Waals surface area (Å²) in [6.45, 7) is 0.385. The molecule has 342 valence electrons. The third-order valence-electron chi connectivity index (χ3n) is 7.70. The Balaban J connectivity index is 0.000000365. The van der Waals surface area contributed by atoms with E-state index in [0.717, 1.165) is 54.8 Å². The zero-order valence-electron chi connectivity index (χ0n) is 32.4. The molecule has 1 aliphatic rings. The molecular formula is C35H34ClF3N3O19PS. The normalized spacial score (nSPS) is 13.0. The molecule has 0 unspecified atom stereocenters. The average molecular weight is 956 g/mol. The molecule has 3 aromatic carbocycles. The van der Waals surface area contributed by atoms with E-state index in [-0.39, 0.29) is 40.9 Å². The number of halogens is 4. The minimum Gasteiger partial charge on any atom is -0.480 e. The molecule has 0 amide bonds. The number of Topliss-reactive ketones (excluding diaryl/α,β-unsaturated/α-hetero) is 3. The van der Waals surface area contributed by atoms with Gasteiger partial charge in [-0.3, -0.25) is 49.3 Å². The van der Waals surface area contributed by atoms with Crippen molar-refractivity contribution < 1.29 is 93.9 Å². The van der Waals surface area contributed by atoms with E-state index in [4.69, 9.17) is 36.0 Å². The quantitative estimate of drug-likeness (QED) is 0.0400. The van der Waals surface area contributed by atoms with Gasteiger partial charge in [-0.2, -0.15) is 13.2 Å². The number of carbonyl (C=O) groups is 6. The van der Waals surface area contributed by atoms with Crippen LogP contribution in [0.15, 0.2) is 59.5 Å². The first kappa shape index (κ1) is 53.0. The van der Waals surface area contributed by atoms with Gasteiger partial charge in [-0.1, -0.05) is 11.6 Å². The molecule has 0 spiro atoms. The van der Waals surface area contributed by atoms with Crippen LogP contribution < -0.4 is 10.1 Å². The van der Waals surface area contributed by atoms with E-state index in [9.17, 15) is 75.1 Å². The van der Waals surface area contributed by atoms with Crippen LogP contribution in [0.3, 0.4) is 0 Å². The number of alkyl halides is 3. The number of carboxylic acid groups (broad SMARTS) is 1. The second-order valence-corrected chi connectivity index (χ2v) is 16.6. The van der Waals surface area contributed by atoms with Gasteiger partial charge in [0.15, 0.2) is 33.8 Å². The zero-order chi connectivity index (χ0) is 48.0. The fraction of sp³-hybridized carbons (Fsp3) is 0.314. The SMILES string of the molecule is CCOC(=O)COC(=O)c1cc(Oc2ccc(C(F)(F)F)cc2Cl)ccc1[N+](=O)[O-].CS(=O)(=O)c1ccc(C(=O)C2C(=O)CCCC2=O)c([N+](=O)[O-])c1.O=C(O)CNCP(=O)(O)O. The summed E-state index contributed by atoms with van der Waals surface area (Å²) in [7, 11) is -7.79. The van der Waals surface area contributed by atoms with E-state index in [1.54, 1.807) is 0 Å². The van der Waals surface area contributed by atoms with Crippen molar-refractivity contribution in [3.05, 3.63) is 96.5 Å². The first-order chi connectivity index (χ1) is 29.1. The smallest absolute Gasteiger partial charge is 0.416 e. The van der Waals surface area contributed by atoms with Crippen molar-refractivity contribution in [3.8, 4) is 11.5 Å². The van der Waals surface area contributed by atoms with Crippen LogP contribution in [0, 0.1) is 26.1 Å². The molecule has 1 fully saturated rings. The van der Waals surface area contributed by atoms with Crippen LogP contribution in [0.5, 0.6) is 11.5 Å². The third kappa shape index (κ3) is 16.9. The second kappa shape index (κ2) is 22.8. The summed E-state index contributed by atoms with van der Waals surface area (Å²) in [5.74, 6) is -7.11. The maximum atomic E-state index is 12.7. The van der Waals surface area contributed by atoms with Crippen molar-refractivity contribution in [3.63, 3.8) is 0 Å². The Bertz CT molecular complexity index is 2430. The van der Waals surface area contributed by atoms with Gasteiger partial charge in [-0.25, -0.2) is 18.0 Å². The van der Waals surface area contributed by atoms with Crippen LogP contribution in [0.1, 0.15) is 52.5 Å². The van der Waals surface area contributed by atoms with Gasteiger partial charge in [0.25, 0.3) is 11.4 Å². The number of carbonyl (C=O) groups excluding carboxylic acids is 5. The molecule has 0 aromatic heterocycles. The first-order valence-corrected chi connectivity index (χ1v) is 21.3. The van der Waals surface area contributed by atoms with Crippen molar-refractivity contribution in [1.82, 2.24) is 5.32 Å². The number of nitrogens with one attached hydrogen (secondary N) is 1. The molecule has 63 heavy (non-hydrogen) atoms. The number of nitro benzene ring substituents is 2. The molecule has 1 saturated carbocycles. The molecule has 0 atom stereocenters. The molecule has 22 nitrogen and oxygen atoms in total. The monoisotopic (exact) mass is 955 g/mol. The number of ketones is 3. The summed E-state index contributed by atoms with van der Waals surface area (Å²) in [5.41, 5.74) is -3.33. The number of benzene rings is 3. The van der Waals surface area contributed by atoms with E-state index in [0.29, 0.717) is 12.5 Å². The minimum absolute atomic E-state index is 0.0493. The van der Waals surface area contributed by atoms with Crippen molar-refractivity contribution in [2.45, 2.75) is 37.3 Å². The summed E-state index contributed by atoms with van der Waals surface area (Å²) < 4.78 is 85.8. The maximum absolute atomic E-state index is 12.7. The lowest BCUT2D eigenvalue weighted by atomic mass is 9.81. The van der Waals surface area contributed by atoms with Gasteiger partial charge in [-0.15, -0.1) is 0 Å². The third-order valence-corrected chi connectivity index (χ3v) is 9.75. The summed E-state index contributed by atoms with van der Waals surface area (Å²) in [6.07, 6.45) is -3.84. The van der Waals surface area contributed by atoms with Crippen molar-refractivity contribution in [2.75, 3.05) is 32.3 Å². The van der Waals surface area contributed by atoms with E-state index in [1.807, 2.05) is 0 Å². The molecule has 0 radical (unpaired) electrons. The highest BCUT2D eigenvalue weighted by molar-refractivity contribution is 7.90. The molecule has 28 heteroatoms. The van der Waals surface area contributed by atoms with Crippen LogP contribution in [-0.2, 0) is 49.2 Å². The van der Waals surface area contributed by atoms with Crippen molar-refractivity contribution in [2.24, 2.45) is 5.92 Å². The lowest BCUT2D eigenvalue weighted by molar-refractivity contribution is -0.385. The highest BCUT2D eigenvalue weighted by Crippen LogP contribution is 2.37. The highest BCUT2D eigenvalue weighted by Gasteiger charge is 2.39. The topological polar surface area (TPSA) is 340 Å². The first-order valence-electron chi connectivity index (χ1n) is 17.3. The van der Waals surface area contributed by atoms with Gasteiger partial charge in [0.2, 0.25) is 0 Å². The zero-order valence-corrected chi connectivity index (χ0v) is 34.8. The van der Waals surface area contributed by atoms with Crippen LogP contribution in [-0.4, -0.2) is 101 Å². The summed E-state index contributed by atoms with van der Waals surface area (Å²) in [5, 5.41) is 32.0. The Kier molecular flexibility index (Phi) is 19.1. The van der Waals surface area contributed by atoms with Gasteiger partial charge in [0, 0.05) is 37.3 Å². The van der Waals surface area contributed by atoms with Gasteiger partial charge in [0.1, 0.15) is 23.0 Å². The number of carboxylic acids is 1. The standard InChI is InChI=1S/C18H13ClF3NO7.C14H13NO7S.C3H8NO5P/c1-2-28-16(24)9-29-17(25)12-8-11(4-5-14(12)23(26)27)30-15-6-3-10(7-13(15)19)18(20,21)22;1-23(21,22)8-5-6-9(10(7-8)15(19)20)14(18)13-11(16)3-2-4-12(13)17;5-3(6)1-4-2-10(7,8)9/h3-8H,2,9H2,1H3;5-7,13H,2-4H2,1H3;4H,1-2H2,(H,5,6)(H2,7,8,9). The largest absolute Gasteiger partial charge is 0.480 e. The summed E-state index contributed by atoms with van der Waals surface area (Å²) >= 11 is 5.81. The van der Waals surface area contributed by atoms with Crippen LogP contribution in [0.25, 0.3) is 0 Å². The minimum atomic E-state index is -4.61. The number of aliphatic carboxylic acids is 1. The lowest BCUT2D eigenvalue weighted by Gasteiger charge is -2.18. The van der Waals surface area contributed by atoms with Crippen LogP contribution in [0.2, 0.25) is 5.02 Å². The molecular weight excluding hydrogens is 922 g/mol. The van der Waals surface area contributed by atoms with Gasteiger partial charge < -0.3 is 29.1 Å². The van der Waals surface area contributed by atoms with Gasteiger partial charge >= 0.3 is 31.7 Å². The Morgan fingerprint density at radius 3 is 2.02 bits per heavy atom. The van der Waals surface area contributed by atoms with Crippen molar-refractivity contribution >= 4 is 75.7 Å². The molecule has 4 rings (SSSR count). The number of nitrogens with zero attached hydrogens (tertiary/aromatic N) is 2. The number of hydrogen-bond acceptors (Lipinski definition) is 17. The van der Waals surface area contributed by atoms with Crippen LogP contribution in [0.4, 0.5) is 24.5 Å². The van der Waals surface area contributed by atoms with Crippen molar-refractivity contribution in [1.29, 1.82) is 0 Å². The Morgan fingerprint density at radius 1 is 0.921 bits per heavy atom. The lowest BCUT2D eigenvalue weighted by Crippen LogP contribution is -2.35. The number of ether oxygens (including phenoxy) is 3. The molecule has 0 saturated heterocycles. The Morgan fingerprint density at radius 2 is 1.52 bits per heavy atom. The number of nitro groups is 2. The number of rotatable bonds is 15. The fourth-order valence-electron chi connectivity index (χ4n) is 4.96. The molecule has 0 aliphatic heterocycles. The fourth-order valence-corrected chi connectivity index (χ4v) is 6.22. The van der Waals surface area contributed by atoms with E-state index in [2.05, 4.69) is 10.1 Å². The Hall–Kier alpha value is -6.18. The van der Waals surface area contributed by atoms with Gasteiger partial charge in [-0.05, 0) is 49.7 Å². The van der Waals surface area contributed by atoms with Crippen LogP contribution >= 0.6 is 19.2 Å². The molecule has 4 N–H and O–H groups in total. The Labute approximate surface area is 357 Å². The van der Waals surface area contributed by atoms with Gasteiger partial charge in [0.05, 0.1) is 50.3 Å². The highest BCUT2D eigenvalue weighted by atomic mass is 35.5. The van der Waals surface area contributed by atoms with E-state index < -0.39 is 122 Å². The number of sulfone groups is 1. The van der Waals surface area contributed by atoms with E-state index in [1.165, 1.54) is 6.92 Å². The molecule has 1 aliphatic carbocycles.